The van der Waals surface area contributed by atoms with Crippen molar-refractivity contribution >= 4 is 11.8 Å². The zero-order valence-electron chi connectivity index (χ0n) is 15.2. The topological polar surface area (TPSA) is 104 Å². The number of likely N-dealkylation sites (tertiary alicyclic amines) is 1. The second kappa shape index (κ2) is 6.92. The molecule has 2 aliphatic heterocycles. The Morgan fingerprint density at radius 3 is 3.04 bits per heavy atom. The Kier molecular flexibility index (Phi) is 4.59. The molecule has 0 bridgehead atoms. The summed E-state index contributed by atoms with van der Waals surface area (Å²) in [6, 6.07) is 1.54. The van der Waals surface area contributed by atoms with Gasteiger partial charge in [0.25, 0.3) is 5.56 Å². The number of aryl methyl sites for hydroxylation is 1. The van der Waals surface area contributed by atoms with Gasteiger partial charge < -0.3 is 15.0 Å². The van der Waals surface area contributed by atoms with Gasteiger partial charge in [0.15, 0.2) is 0 Å². The minimum absolute atomic E-state index is 0.00236. The van der Waals surface area contributed by atoms with Crippen LogP contribution in [0.1, 0.15) is 30.5 Å². The SMILES string of the molecule is C=CC(=O)N1CC2(CCC(CNC(=O)C3CCc4n[nH]c(=O)cc4C3)O2)C1. The Bertz CT molecular complexity index is 827. The van der Waals surface area contributed by atoms with E-state index in [1.165, 1.54) is 6.08 Å². The van der Waals surface area contributed by atoms with E-state index in [0.717, 1.165) is 30.5 Å². The Hall–Kier alpha value is -2.48. The van der Waals surface area contributed by atoms with Crippen LogP contribution in [0.25, 0.3) is 0 Å². The first-order chi connectivity index (χ1) is 13.0. The quantitative estimate of drug-likeness (QED) is 0.721. The monoisotopic (exact) mass is 372 g/mol. The second-order valence-corrected chi connectivity index (χ2v) is 7.75. The molecule has 1 aromatic rings. The predicted molar refractivity (Wildman–Crippen MR) is 97.0 cm³/mol. The number of H-pyrrole nitrogens is 1. The number of nitrogens with one attached hydrogen (secondary N) is 2. The molecular weight excluding hydrogens is 348 g/mol. The highest BCUT2D eigenvalue weighted by Gasteiger charge is 2.50. The van der Waals surface area contributed by atoms with Crippen molar-refractivity contribution in [2.45, 2.75) is 43.8 Å². The molecule has 2 saturated heterocycles. The number of amides is 2. The molecule has 2 unspecified atom stereocenters. The summed E-state index contributed by atoms with van der Waals surface area (Å²) in [5, 5.41) is 9.50. The fourth-order valence-electron chi connectivity index (χ4n) is 4.33. The Balaban J connectivity index is 1.25. The van der Waals surface area contributed by atoms with Crippen molar-refractivity contribution in [1.82, 2.24) is 20.4 Å². The normalized spacial score (nSPS) is 25.6. The van der Waals surface area contributed by atoms with E-state index in [-0.39, 0.29) is 35.0 Å². The molecule has 2 atom stereocenters. The van der Waals surface area contributed by atoms with Gasteiger partial charge >= 0.3 is 0 Å². The van der Waals surface area contributed by atoms with Gasteiger partial charge in [-0.2, -0.15) is 5.10 Å². The standard InChI is InChI=1S/C19H24N4O4/c1-2-17(25)23-10-19(11-23)6-5-14(27-19)9-20-18(26)12-3-4-15-13(7-12)8-16(24)22-21-15/h2,8,12,14H,1,3-7,9-11H2,(H,20,26)(H,22,24). The molecule has 2 amide bonds. The Labute approximate surface area is 157 Å². The van der Waals surface area contributed by atoms with Gasteiger partial charge in [-0.25, -0.2) is 5.10 Å². The average Bonchev–Trinajstić information content (AvgIpc) is 3.08. The fraction of sp³-hybridized carbons (Fsp3) is 0.579. The van der Waals surface area contributed by atoms with Crippen LogP contribution in [0.5, 0.6) is 0 Å². The van der Waals surface area contributed by atoms with Crippen LogP contribution in [0.3, 0.4) is 0 Å². The lowest BCUT2D eigenvalue weighted by Crippen LogP contribution is -2.63. The Morgan fingerprint density at radius 1 is 1.44 bits per heavy atom. The minimum atomic E-state index is -0.245. The molecule has 8 nitrogen and oxygen atoms in total. The van der Waals surface area contributed by atoms with Crippen LogP contribution in [0, 0.1) is 5.92 Å². The minimum Gasteiger partial charge on any atom is -0.366 e. The molecule has 4 rings (SSSR count). The number of aromatic amines is 1. The number of ether oxygens (including phenoxy) is 1. The van der Waals surface area contributed by atoms with E-state index in [4.69, 9.17) is 4.74 Å². The van der Waals surface area contributed by atoms with E-state index >= 15 is 0 Å². The van der Waals surface area contributed by atoms with Crippen molar-refractivity contribution in [2.24, 2.45) is 5.92 Å². The van der Waals surface area contributed by atoms with E-state index in [1.54, 1.807) is 11.0 Å². The average molecular weight is 372 g/mol. The molecule has 27 heavy (non-hydrogen) atoms. The zero-order valence-corrected chi connectivity index (χ0v) is 15.2. The highest BCUT2D eigenvalue weighted by atomic mass is 16.5. The second-order valence-electron chi connectivity index (χ2n) is 7.75. The lowest BCUT2D eigenvalue weighted by molar-refractivity contribution is -0.160. The van der Waals surface area contributed by atoms with E-state index in [1.807, 2.05) is 0 Å². The van der Waals surface area contributed by atoms with E-state index < -0.39 is 0 Å². The van der Waals surface area contributed by atoms with Gasteiger partial charge in [-0.1, -0.05) is 6.58 Å². The smallest absolute Gasteiger partial charge is 0.264 e. The lowest BCUT2D eigenvalue weighted by atomic mass is 9.86. The van der Waals surface area contributed by atoms with Crippen LogP contribution in [-0.2, 0) is 27.2 Å². The lowest BCUT2D eigenvalue weighted by Gasteiger charge is -2.47. The molecule has 144 valence electrons. The molecule has 1 aliphatic carbocycles. The maximum absolute atomic E-state index is 12.5. The van der Waals surface area contributed by atoms with Gasteiger partial charge in [0.2, 0.25) is 11.8 Å². The third-order valence-electron chi connectivity index (χ3n) is 5.83. The summed E-state index contributed by atoms with van der Waals surface area (Å²) in [5.74, 6) is -0.199. The van der Waals surface area contributed by atoms with Crippen molar-refractivity contribution in [3.05, 3.63) is 40.3 Å². The van der Waals surface area contributed by atoms with Crippen LogP contribution in [0.4, 0.5) is 0 Å². The molecule has 1 spiro atoms. The van der Waals surface area contributed by atoms with Crippen molar-refractivity contribution in [3.63, 3.8) is 0 Å². The maximum Gasteiger partial charge on any atom is 0.264 e. The number of nitrogens with zero attached hydrogens (tertiary/aromatic N) is 2. The predicted octanol–water partition coefficient (Wildman–Crippen LogP) is -0.0630. The molecule has 2 fully saturated rings. The third-order valence-corrected chi connectivity index (χ3v) is 5.83. The zero-order chi connectivity index (χ0) is 19.0. The molecular formula is C19H24N4O4. The molecule has 0 saturated carbocycles. The summed E-state index contributed by atoms with van der Waals surface area (Å²) < 4.78 is 6.12. The number of rotatable bonds is 4. The van der Waals surface area contributed by atoms with Crippen LogP contribution in [-0.4, -0.2) is 58.3 Å². The van der Waals surface area contributed by atoms with Crippen LogP contribution in [0.15, 0.2) is 23.5 Å². The summed E-state index contributed by atoms with van der Waals surface area (Å²) in [6.45, 7) is 5.18. The van der Waals surface area contributed by atoms with Crippen LogP contribution in [0.2, 0.25) is 0 Å². The van der Waals surface area contributed by atoms with Crippen molar-refractivity contribution in [2.75, 3.05) is 19.6 Å². The van der Waals surface area contributed by atoms with E-state index in [0.29, 0.717) is 32.5 Å². The molecule has 0 radical (unpaired) electrons. The number of fused-ring (bicyclic) bond motifs is 1. The third kappa shape index (κ3) is 3.53. The van der Waals surface area contributed by atoms with Crippen molar-refractivity contribution in [1.29, 1.82) is 0 Å². The van der Waals surface area contributed by atoms with Crippen LogP contribution < -0.4 is 10.9 Å². The molecule has 1 aromatic heterocycles. The summed E-state index contributed by atoms with van der Waals surface area (Å²) in [4.78, 5) is 37.3. The van der Waals surface area contributed by atoms with Gasteiger partial charge in [0.05, 0.1) is 24.9 Å². The molecule has 3 aliphatic rings. The Morgan fingerprint density at radius 2 is 2.26 bits per heavy atom. The van der Waals surface area contributed by atoms with Crippen molar-refractivity contribution in [3.8, 4) is 0 Å². The fourth-order valence-corrected chi connectivity index (χ4v) is 4.33. The number of hydrogen-bond donors (Lipinski definition) is 2. The van der Waals surface area contributed by atoms with Gasteiger partial charge in [-0.3, -0.25) is 14.4 Å². The number of hydrogen-bond acceptors (Lipinski definition) is 5. The molecule has 2 N–H and O–H groups in total. The van der Waals surface area contributed by atoms with Gasteiger partial charge in [0, 0.05) is 18.5 Å². The first kappa shape index (κ1) is 17.9. The summed E-state index contributed by atoms with van der Waals surface area (Å²) in [6.07, 6.45) is 5.06. The maximum atomic E-state index is 12.5. The van der Waals surface area contributed by atoms with E-state index in [2.05, 4.69) is 22.1 Å². The van der Waals surface area contributed by atoms with Crippen molar-refractivity contribution < 1.29 is 14.3 Å². The summed E-state index contributed by atoms with van der Waals surface area (Å²) in [7, 11) is 0. The number of aromatic nitrogens is 2. The van der Waals surface area contributed by atoms with Gasteiger partial charge in [0.1, 0.15) is 5.60 Å². The largest absolute Gasteiger partial charge is 0.366 e. The molecule has 0 aromatic carbocycles. The summed E-state index contributed by atoms with van der Waals surface area (Å²) >= 11 is 0. The number of carbonyl (C=O) groups excluding carboxylic acids is 2. The summed E-state index contributed by atoms with van der Waals surface area (Å²) in [5.41, 5.74) is 1.26. The number of carbonyl (C=O) groups is 2. The first-order valence-corrected chi connectivity index (χ1v) is 9.42. The first-order valence-electron chi connectivity index (χ1n) is 9.42. The molecule has 8 heteroatoms. The van der Waals surface area contributed by atoms with E-state index in [9.17, 15) is 14.4 Å². The van der Waals surface area contributed by atoms with Gasteiger partial charge in [-0.05, 0) is 43.7 Å². The highest BCUT2D eigenvalue weighted by molar-refractivity contribution is 5.87. The molecule has 3 heterocycles. The van der Waals surface area contributed by atoms with Gasteiger partial charge in [-0.15, -0.1) is 0 Å². The highest BCUT2D eigenvalue weighted by Crippen LogP contribution is 2.38. The van der Waals surface area contributed by atoms with Crippen LogP contribution >= 0.6 is 0 Å².